The van der Waals surface area contributed by atoms with Crippen molar-refractivity contribution in [3.05, 3.63) is 118 Å². The van der Waals surface area contributed by atoms with Gasteiger partial charge in [-0.1, -0.05) is 45.9 Å². The Hall–Kier alpha value is -7.11. The smallest absolute Gasteiger partial charge is 0.323 e. The number of hydrogen-bond donors (Lipinski definition) is 8. The molecule has 6 rings (SSSR count). The van der Waals surface area contributed by atoms with E-state index in [0.29, 0.717) is 46.7 Å². The number of H-pyrrole nitrogens is 2. The van der Waals surface area contributed by atoms with E-state index in [2.05, 4.69) is 94.3 Å². The maximum absolute atomic E-state index is 13.6. The molecule has 0 fully saturated rings. The van der Waals surface area contributed by atoms with Crippen LogP contribution in [0.4, 0.5) is 40.6 Å². The number of anilines is 7. The van der Waals surface area contributed by atoms with Crippen molar-refractivity contribution in [2.24, 2.45) is 0 Å². The number of hydrogen-bond acceptors (Lipinski definition) is 12. The van der Waals surface area contributed by atoms with E-state index in [-0.39, 0.29) is 46.5 Å². The first-order valence-electron chi connectivity index (χ1n) is 21.0. The van der Waals surface area contributed by atoms with E-state index in [1.165, 1.54) is 0 Å². The van der Waals surface area contributed by atoms with Gasteiger partial charge in [-0.25, -0.2) is 4.79 Å². The summed E-state index contributed by atoms with van der Waals surface area (Å²) in [4.78, 5) is 75.9. The molecule has 0 atom stereocenters. The fraction of sp³-hybridized carbons (Fsp3) is 0.311. The SMILES string of the molecule is CCN(CC)CCCNC(=O)c1cc(NC(=O)c2ccc(Nc3nc(Nc4ccccc4)nc(Nc4ccc5[nH]c(=O)[nH]c5c4)n3)cc2)cc(C(=O)NCCCN(CC)CC)c1. The minimum absolute atomic E-state index is 0.219. The van der Waals surface area contributed by atoms with Gasteiger partial charge in [0.2, 0.25) is 17.8 Å². The van der Waals surface area contributed by atoms with Crippen LogP contribution in [0.25, 0.3) is 11.0 Å². The molecule has 0 aliphatic rings. The van der Waals surface area contributed by atoms with Crippen LogP contribution in [0.3, 0.4) is 0 Å². The van der Waals surface area contributed by atoms with Gasteiger partial charge in [-0.3, -0.25) is 14.4 Å². The third-order valence-electron chi connectivity index (χ3n) is 10.2. The van der Waals surface area contributed by atoms with Gasteiger partial charge in [0.05, 0.1) is 11.0 Å². The van der Waals surface area contributed by atoms with Crippen LogP contribution in [0.5, 0.6) is 0 Å². The number of carbonyl (C=O) groups is 3. The molecule has 0 aliphatic heterocycles. The molecule has 62 heavy (non-hydrogen) atoms. The highest BCUT2D eigenvalue weighted by molar-refractivity contribution is 6.07. The molecule has 2 heterocycles. The first-order valence-corrected chi connectivity index (χ1v) is 21.0. The van der Waals surface area contributed by atoms with Gasteiger partial charge >= 0.3 is 5.69 Å². The highest BCUT2D eigenvalue weighted by Crippen LogP contribution is 2.23. The summed E-state index contributed by atoms with van der Waals surface area (Å²) in [6, 6.07) is 26.2. The first-order chi connectivity index (χ1) is 30.1. The Labute approximate surface area is 360 Å². The summed E-state index contributed by atoms with van der Waals surface area (Å²) in [5, 5.41) is 18.4. The Kier molecular flexibility index (Phi) is 15.7. The van der Waals surface area contributed by atoms with E-state index in [0.717, 1.165) is 57.8 Å². The molecule has 6 aromatic rings. The van der Waals surface area contributed by atoms with Crippen molar-refractivity contribution >= 4 is 69.3 Å². The van der Waals surface area contributed by atoms with Crippen LogP contribution in [0.2, 0.25) is 0 Å². The normalized spacial score (nSPS) is 11.1. The second-order valence-corrected chi connectivity index (χ2v) is 14.5. The summed E-state index contributed by atoms with van der Waals surface area (Å²) in [6.07, 6.45) is 1.56. The molecule has 0 saturated heterocycles. The van der Waals surface area contributed by atoms with Gasteiger partial charge < -0.3 is 51.7 Å². The Morgan fingerprint density at radius 3 is 1.53 bits per heavy atom. The molecule has 0 radical (unpaired) electrons. The van der Waals surface area contributed by atoms with E-state index < -0.39 is 5.91 Å². The van der Waals surface area contributed by atoms with Crippen LogP contribution in [0, 0.1) is 0 Å². The summed E-state index contributed by atoms with van der Waals surface area (Å²) in [5.41, 5.74) is 4.18. The Morgan fingerprint density at radius 2 is 1.00 bits per heavy atom. The van der Waals surface area contributed by atoms with E-state index in [9.17, 15) is 19.2 Å². The molecule has 0 saturated carbocycles. The van der Waals surface area contributed by atoms with Crippen LogP contribution < -0.4 is 37.6 Å². The number of imidazole rings is 1. The summed E-state index contributed by atoms with van der Waals surface area (Å²) in [7, 11) is 0. The van der Waals surface area contributed by atoms with Crippen molar-refractivity contribution in [2.75, 3.05) is 73.6 Å². The minimum atomic E-state index is -0.430. The molecule has 17 heteroatoms. The van der Waals surface area contributed by atoms with Gasteiger partial charge in [-0.15, -0.1) is 0 Å². The van der Waals surface area contributed by atoms with Crippen LogP contribution in [-0.2, 0) is 0 Å². The Balaban J connectivity index is 1.16. The molecule has 8 N–H and O–H groups in total. The minimum Gasteiger partial charge on any atom is -0.352 e. The van der Waals surface area contributed by atoms with Crippen LogP contribution in [0.15, 0.2) is 95.8 Å². The number of aromatic amines is 2. The number of nitrogens with one attached hydrogen (secondary N) is 8. The molecule has 324 valence electrons. The number of fused-ring (bicyclic) bond motifs is 1. The van der Waals surface area contributed by atoms with Gasteiger partial charge in [0.25, 0.3) is 17.7 Å². The van der Waals surface area contributed by atoms with Crippen LogP contribution in [0.1, 0.15) is 71.6 Å². The third-order valence-corrected chi connectivity index (χ3v) is 10.2. The highest BCUT2D eigenvalue weighted by atomic mass is 16.2. The van der Waals surface area contributed by atoms with Crippen LogP contribution in [-0.4, -0.2) is 105 Å². The number of nitrogens with zero attached hydrogens (tertiary/aromatic N) is 5. The van der Waals surface area contributed by atoms with Crippen molar-refractivity contribution in [2.45, 2.75) is 40.5 Å². The molecule has 3 amide bonds. The maximum atomic E-state index is 13.6. The van der Waals surface area contributed by atoms with Crippen molar-refractivity contribution < 1.29 is 14.4 Å². The lowest BCUT2D eigenvalue weighted by molar-refractivity contribution is 0.0949. The van der Waals surface area contributed by atoms with E-state index in [1.807, 2.05) is 30.3 Å². The van der Waals surface area contributed by atoms with Crippen LogP contribution >= 0.6 is 0 Å². The molecule has 4 aromatic carbocycles. The zero-order chi connectivity index (χ0) is 43.8. The number of amides is 3. The molecule has 0 aliphatic carbocycles. The number of benzene rings is 4. The van der Waals surface area contributed by atoms with Crippen molar-refractivity contribution in [1.82, 2.24) is 45.4 Å². The third kappa shape index (κ3) is 12.7. The van der Waals surface area contributed by atoms with E-state index in [1.54, 1.807) is 60.7 Å². The first kappa shape index (κ1) is 44.4. The van der Waals surface area contributed by atoms with Gasteiger partial charge in [0.1, 0.15) is 0 Å². The van der Waals surface area contributed by atoms with Crippen molar-refractivity contribution in [3.63, 3.8) is 0 Å². The quantitative estimate of drug-likeness (QED) is 0.0346. The largest absolute Gasteiger partial charge is 0.352 e. The standard InChI is InChI=1S/C45H55N13O4/c1-5-57(6-2)24-12-22-46-39(59)31-26-32(40(60)47-23-13-25-58(7-3)8-4)28-36(27-31)48-41(61)30-16-18-34(19-17-30)50-43-54-42(49-33-14-10-9-11-15-33)55-44(56-43)51-35-20-21-37-38(29-35)53-45(62)52-37/h9-11,14-21,26-29H,5-8,12-13,22-25H2,1-4H3,(H,46,59)(H,47,60)(H,48,61)(H2,52,53,62)(H3,49,50,51,54,55,56). The average Bonchev–Trinajstić information content (AvgIpc) is 3.66. The predicted molar refractivity (Wildman–Crippen MR) is 245 cm³/mol. The monoisotopic (exact) mass is 841 g/mol. The molecule has 0 spiro atoms. The number of rotatable bonds is 22. The fourth-order valence-corrected chi connectivity index (χ4v) is 6.73. The van der Waals surface area contributed by atoms with Gasteiger partial charge in [0, 0.05) is 52.5 Å². The fourth-order valence-electron chi connectivity index (χ4n) is 6.73. The topological polar surface area (TPSA) is 217 Å². The molecular formula is C45H55N13O4. The van der Waals surface area contributed by atoms with E-state index in [4.69, 9.17) is 0 Å². The molecule has 0 bridgehead atoms. The maximum Gasteiger partial charge on any atom is 0.323 e. The zero-order valence-corrected chi connectivity index (χ0v) is 35.6. The molecule has 17 nitrogen and oxygen atoms in total. The predicted octanol–water partition coefficient (Wildman–Crippen LogP) is 6.45. The highest BCUT2D eigenvalue weighted by Gasteiger charge is 2.16. The molecule has 2 aromatic heterocycles. The number of aromatic nitrogens is 5. The Morgan fingerprint density at radius 1 is 0.516 bits per heavy atom. The summed E-state index contributed by atoms with van der Waals surface area (Å²) < 4.78 is 0. The Bertz CT molecular complexity index is 2430. The molecule has 0 unspecified atom stereocenters. The second kappa shape index (κ2) is 21.9. The van der Waals surface area contributed by atoms with Crippen molar-refractivity contribution in [1.29, 1.82) is 0 Å². The number of para-hydroxylation sites is 1. The van der Waals surface area contributed by atoms with Gasteiger partial charge in [-0.2, -0.15) is 15.0 Å². The lowest BCUT2D eigenvalue weighted by Gasteiger charge is -2.18. The summed E-state index contributed by atoms with van der Waals surface area (Å²) >= 11 is 0. The van der Waals surface area contributed by atoms with E-state index >= 15 is 0 Å². The van der Waals surface area contributed by atoms with Gasteiger partial charge in [-0.05, 0) is 125 Å². The molecular weight excluding hydrogens is 787 g/mol. The average molecular weight is 842 g/mol. The summed E-state index contributed by atoms with van der Waals surface area (Å²) in [6.45, 7) is 14.8. The summed E-state index contributed by atoms with van der Waals surface area (Å²) in [5.74, 6) is -0.368. The zero-order valence-electron chi connectivity index (χ0n) is 35.6. The van der Waals surface area contributed by atoms with Gasteiger partial charge in [0.15, 0.2) is 0 Å². The lowest BCUT2D eigenvalue weighted by atomic mass is 10.1. The van der Waals surface area contributed by atoms with Crippen molar-refractivity contribution in [3.8, 4) is 0 Å². The lowest BCUT2D eigenvalue weighted by Crippen LogP contribution is -2.31. The number of carbonyl (C=O) groups excluding carboxylic acids is 3. The second-order valence-electron chi connectivity index (χ2n) is 14.5.